The number of rotatable bonds is 1. The van der Waals surface area contributed by atoms with Crippen molar-refractivity contribution in [1.82, 2.24) is 9.97 Å². The molecule has 0 fully saturated rings. The quantitative estimate of drug-likeness (QED) is 0.720. The van der Waals surface area contributed by atoms with Crippen molar-refractivity contribution in [2.45, 2.75) is 0 Å². The van der Waals surface area contributed by atoms with Crippen LogP contribution in [-0.2, 0) is 0 Å². The number of ether oxygens (including phenoxy) is 1. The third-order valence-corrected chi connectivity index (χ3v) is 2.31. The van der Waals surface area contributed by atoms with E-state index < -0.39 is 0 Å². The average Bonchev–Trinajstić information content (AvgIpc) is 2.43. The molecule has 0 radical (unpaired) electrons. The van der Waals surface area contributed by atoms with Crippen LogP contribution in [0.25, 0.3) is 10.2 Å². The molecule has 0 unspecified atom stereocenters. The highest BCUT2D eigenvalue weighted by Gasteiger charge is 2.02. The lowest BCUT2D eigenvalue weighted by molar-refractivity contribution is 0.398. The van der Waals surface area contributed by atoms with Gasteiger partial charge in [0.1, 0.15) is 0 Å². The number of thiazole rings is 1. The fourth-order valence-corrected chi connectivity index (χ4v) is 1.63. The zero-order valence-electron chi connectivity index (χ0n) is 6.44. The Kier molecular flexibility index (Phi) is 1.58. The molecule has 0 aliphatic heterocycles. The Morgan fingerprint density at radius 2 is 2.42 bits per heavy atom. The Hall–Kier alpha value is -1.36. The molecule has 0 bridgehead atoms. The third kappa shape index (κ3) is 1.08. The highest BCUT2D eigenvalue weighted by Crippen LogP contribution is 2.24. The molecule has 2 N–H and O–H groups in total. The van der Waals surface area contributed by atoms with Gasteiger partial charge in [-0.1, -0.05) is 11.3 Å². The van der Waals surface area contributed by atoms with Gasteiger partial charge in [0, 0.05) is 6.07 Å². The minimum atomic E-state index is 0.556. The average molecular weight is 181 g/mol. The Labute approximate surface area is 73.0 Å². The number of hydrogen-bond donors (Lipinski definition) is 1. The summed E-state index contributed by atoms with van der Waals surface area (Å²) in [6, 6.07) is 1.77. The van der Waals surface area contributed by atoms with Crippen molar-refractivity contribution in [1.29, 1.82) is 0 Å². The summed E-state index contributed by atoms with van der Waals surface area (Å²) in [5, 5.41) is 0.556. The van der Waals surface area contributed by atoms with E-state index in [1.807, 2.05) is 0 Å². The van der Waals surface area contributed by atoms with Crippen molar-refractivity contribution >= 4 is 26.7 Å². The van der Waals surface area contributed by atoms with Crippen molar-refractivity contribution in [3.63, 3.8) is 0 Å². The second-order valence-corrected chi connectivity index (χ2v) is 3.31. The Bertz CT molecular complexity index is 412. The van der Waals surface area contributed by atoms with Crippen LogP contribution in [0.3, 0.4) is 0 Å². The first kappa shape index (κ1) is 7.30. The number of methoxy groups -OCH3 is 1. The predicted molar refractivity (Wildman–Crippen MR) is 48.4 cm³/mol. The summed E-state index contributed by atoms with van der Waals surface area (Å²) in [7, 11) is 1.57. The highest BCUT2D eigenvalue weighted by atomic mass is 32.1. The SMILES string of the molecule is COc1cc2nc(N)sc2cn1. The Balaban J connectivity index is 2.66. The smallest absolute Gasteiger partial charge is 0.215 e. The zero-order chi connectivity index (χ0) is 8.55. The molecule has 2 heterocycles. The van der Waals surface area contributed by atoms with E-state index in [0.717, 1.165) is 10.2 Å². The number of nitrogens with zero attached hydrogens (tertiary/aromatic N) is 2. The van der Waals surface area contributed by atoms with Gasteiger partial charge in [-0.15, -0.1) is 0 Å². The monoisotopic (exact) mass is 181 g/mol. The van der Waals surface area contributed by atoms with E-state index in [0.29, 0.717) is 11.0 Å². The second kappa shape index (κ2) is 2.60. The zero-order valence-corrected chi connectivity index (χ0v) is 7.26. The van der Waals surface area contributed by atoms with Crippen LogP contribution in [0.2, 0.25) is 0 Å². The summed E-state index contributed by atoms with van der Waals surface area (Å²) in [6.45, 7) is 0. The van der Waals surface area contributed by atoms with Crippen LogP contribution in [-0.4, -0.2) is 17.1 Å². The molecule has 0 saturated carbocycles. The van der Waals surface area contributed by atoms with Gasteiger partial charge >= 0.3 is 0 Å². The van der Waals surface area contributed by atoms with Gasteiger partial charge in [-0.05, 0) is 0 Å². The molecule has 0 aliphatic rings. The maximum Gasteiger partial charge on any atom is 0.215 e. The maximum atomic E-state index is 5.52. The van der Waals surface area contributed by atoms with Gasteiger partial charge in [0.2, 0.25) is 5.88 Å². The van der Waals surface area contributed by atoms with Crippen molar-refractivity contribution in [2.75, 3.05) is 12.8 Å². The van der Waals surface area contributed by atoms with E-state index in [2.05, 4.69) is 9.97 Å². The highest BCUT2D eigenvalue weighted by molar-refractivity contribution is 7.22. The van der Waals surface area contributed by atoms with Gasteiger partial charge in [-0.2, -0.15) is 0 Å². The predicted octanol–water partition coefficient (Wildman–Crippen LogP) is 1.28. The number of hydrogen-bond acceptors (Lipinski definition) is 5. The van der Waals surface area contributed by atoms with Crippen LogP contribution in [0.15, 0.2) is 12.3 Å². The molecule has 0 spiro atoms. The number of nitrogen functional groups attached to an aromatic ring is 1. The van der Waals surface area contributed by atoms with E-state index >= 15 is 0 Å². The van der Waals surface area contributed by atoms with Gasteiger partial charge < -0.3 is 10.5 Å². The van der Waals surface area contributed by atoms with Crippen molar-refractivity contribution in [2.24, 2.45) is 0 Å². The first-order chi connectivity index (χ1) is 5.79. The molecule has 0 atom stereocenters. The van der Waals surface area contributed by atoms with Crippen LogP contribution in [0, 0.1) is 0 Å². The van der Waals surface area contributed by atoms with Gasteiger partial charge in [0.15, 0.2) is 5.13 Å². The lowest BCUT2D eigenvalue weighted by atomic mass is 10.4. The second-order valence-electron chi connectivity index (χ2n) is 2.25. The van der Waals surface area contributed by atoms with Crippen LogP contribution < -0.4 is 10.5 Å². The molecule has 4 nitrogen and oxygen atoms in total. The maximum absolute atomic E-state index is 5.52. The normalized spacial score (nSPS) is 10.4. The van der Waals surface area contributed by atoms with Gasteiger partial charge in [0.05, 0.1) is 23.5 Å². The first-order valence-corrected chi connectivity index (χ1v) is 4.17. The first-order valence-electron chi connectivity index (χ1n) is 3.35. The molecule has 0 aromatic carbocycles. The van der Waals surface area contributed by atoms with Crippen LogP contribution in [0.4, 0.5) is 5.13 Å². The minimum Gasteiger partial charge on any atom is -0.481 e. The third-order valence-electron chi connectivity index (χ3n) is 1.48. The minimum absolute atomic E-state index is 0.556. The molecule has 0 saturated heterocycles. The number of anilines is 1. The van der Waals surface area contributed by atoms with Crippen LogP contribution in [0.5, 0.6) is 5.88 Å². The Morgan fingerprint density at radius 3 is 3.17 bits per heavy atom. The standard InChI is InChI=1S/C7H7N3OS/c1-11-6-2-4-5(3-9-6)12-7(8)10-4/h2-3H,1H3,(H2,8,10). The summed E-state index contributed by atoms with van der Waals surface area (Å²) < 4.78 is 5.92. The van der Waals surface area contributed by atoms with Gasteiger partial charge in [0.25, 0.3) is 0 Å². The molecule has 5 heteroatoms. The van der Waals surface area contributed by atoms with E-state index in [4.69, 9.17) is 10.5 Å². The van der Waals surface area contributed by atoms with E-state index in [1.54, 1.807) is 19.4 Å². The molecule has 62 valence electrons. The molecule has 12 heavy (non-hydrogen) atoms. The number of pyridine rings is 1. The van der Waals surface area contributed by atoms with Crippen LogP contribution >= 0.6 is 11.3 Å². The molecule has 0 amide bonds. The summed E-state index contributed by atoms with van der Waals surface area (Å²) in [6.07, 6.45) is 1.71. The summed E-state index contributed by atoms with van der Waals surface area (Å²) in [5.74, 6) is 0.563. The fourth-order valence-electron chi connectivity index (χ4n) is 0.946. The topological polar surface area (TPSA) is 61.0 Å². The Morgan fingerprint density at radius 1 is 1.58 bits per heavy atom. The summed E-state index contributed by atoms with van der Waals surface area (Å²) >= 11 is 1.42. The molecular formula is C7H7N3OS. The van der Waals surface area contributed by atoms with Crippen molar-refractivity contribution in [3.8, 4) is 5.88 Å². The van der Waals surface area contributed by atoms with Crippen molar-refractivity contribution < 1.29 is 4.74 Å². The lowest BCUT2D eigenvalue weighted by Crippen LogP contribution is -1.85. The number of fused-ring (bicyclic) bond motifs is 1. The number of aromatic nitrogens is 2. The largest absolute Gasteiger partial charge is 0.481 e. The summed E-state index contributed by atoms with van der Waals surface area (Å²) in [4.78, 5) is 8.13. The van der Waals surface area contributed by atoms with E-state index in [-0.39, 0.29) is 0 Å². The van der Waals surface area contributed by atoms with E-state index in [9.17, 15) is 0 Å². The molecular weight excluding hydrogens is 174 g/mol. The molecule has 2 aromatic rings. The van der Waals surface area contributed by atoms with Crippen LogP contribution in [0.1, 0.15) is 0 Å². The molecule has 2 rings (SSSR count). The summed E-state index contributed by atoms with van der Waals surface area (Å²) in [5.41, 5.74) is 6.36. The lowest BCUT2D eigenvalue weighted by Gasteiger charge is -1.94. The molecule has 0 aliphatic carbocycles. The van der Waals surface area contributed by atoms with Crippen molar-refractivity contribution in [3.05, 3.63) is 12.3 Å². The number of nitrogens with two attached hydrogens (primary N) is 1. The molecule has 2 aromatic heterocycles. The van der Waals surface area contributed by atoms with Gasteiger partial charge in [-0.25, -0.2) is 9.97 Å². The van der Waals surface area contributed by atoms with Gasteiger partial charge in [-0.3, -0.25) is 0 Å². The van der Waals surface area contributed by atoms with E-state index in [1.165, 1.54) is 11.3 Å². The fraction of sp³-hybridized carbons (Fsp3) is 0.143.